The van der Waals surface area contributed by atoms with Crippen LogP contribution in [0.5, 0.6) is 0 Å². The Morgan fingerprint density at radius 3 is 2.27 bits per heavy atom. The van der Waals surface area contributed by atoms with Crippen LogP contribution in [0.1, 0.15) is 7.85 Å². The zero-order chi connectivity index (χ0) is 10.9. The molecule has 0 bridgehead atoms. The Balaban J connectivity index is 0. The van der Waals surface area contributed by atoms with Crippen molar-refractivity contribution >= 4 is 17.8 Å². The van der Waals surface area contributed by atoms with Gasteiger partial charge in [-0.05, 0) is 0 Å². The van der Waals surface area contributed by atoms with Crippen LogP contribution in [0.15, 0.2) is 0 Å². The molecule has 1 amide bonds. The summed E-state index contributed by atoms with van der Waals surface area (Å²) in [7, 11) is 1.25. The number of amides is 1. The average molecular weight is 227 g/mol. The molecule has 1 saturated heterocycles. The number of carbonyl (C=O) groups excluding carboxylic acids is 1. The van der Waals surface area contributed by atoms with Crippen LogP contribution in [0.25, 0.3) is 0 Å². The predicted molar refractivity (Wildman–Crippen MR) is 42.5 cm³/mol. The van der Waals surface area contributed by atoms with Gasteiger partial charge in [0.25, 0.3) is 0 Å². The van der Waals surface area contributed by atoms with E-state index in [1.54, 1.807) is 0 Å². The third kappa shape index (κ3) is 2.00. The van der Waals surface area contributed by atoms with Crippen LogP contribution in [0.2, 0.25) is 0 Å². The minimum absolute atomic E-state index is 0. The molecule has 1 rings (SSSR count). The van der Waals surface area contributed by atoms with Gasteiger partial charge in [0.05, 0.1) is 6.42 Å². The van der Waals surface area contributed by atoms with Gasteiger partial charge in [0, 0.05) is 7.11 Å². The number of likely N-dealkylation sites (tertiary alicyclic amines) is 1. The summed E-state index contributed by atoms with van der Waals surface area (Å²) < 4.78 is 4.55. The number of carboxylic acid groups (broad SMARTS) is 2. The maximum atomic E-state index is 11.0. The molecular weight excluding hydrogens is 217 g/mol. The number of carbonyl (C=O) groups is 3. The molecule has 80 valence electrons. The molecule has 0 spiro atoms. The summed E-state index contributed by atoms with van der Waals surface area (Å²) in [6.45, 7) is -0.336. The van der Waals surface area contributed by atoms with Crippen molar-refractivity contribution in [3.05, 3.63) is 0 Å². The third-order valence-corrected chi connectivity index (χ3v) is 2.13. The van der Waals surface area contributed by atoms with Crippen molar-refractivity contribution < 1.29 is 60.3 Å². The molecule has 2 N–H and O–H groups in total. The quantitative estimate of drug-likeness (QED) is 0.287. The number of hydrogen-bond acceptors (Lipinski definition) is 4. The number of methoxy groups -OCH3 is 1. The number of carboxylic acids is 2. The van der Waals surface area contributed by atoms with Gasteiger partial charge in [0.1, 0.15) is 6.73 Å². The van der Waals surface area contributed by atoms with E-state index in [1.165, 1.54) is 7.11 Å². The predicted octanol–water partition coefficient (Wildman–Crippen LogP) is -4.15. The van der Waals surface area contributed by atoms with Gasteiger partial charge in [-0.2, -0.15) is 0 Å². The molecule has 0 aromatic heterocycles. The van der Waals surface area contributed by atoms with E-state index in [4.69, 9.17) is 10.2 Å². The molecule has 1 aliphatic rings. The molecule has 1 heterocycles. The Morgan fingerprint density at radius 2 is 2.00 bits per heavy atom. The molecule has 1 fully saturated rings. The summed E-state index contributed by atoms with van der Waals surface area (Å²) in [5, 5.41) is 17.5. The van der Waals surface area contributed by atoms with Gasteiger partial charge in [-0.3, -0.25) is 9.69 Å². The fraction of sp³-hybridized carbons (Fsp3) is 0.571. The molecule has 0 radical (unpaired) electrons. The van der Waals surface area contributed by atoms with E-state index >= 15 is 0 Å². The fourth-order valence-corrected chi connectivity index (χ4v) is 1.32. The standard InChI is InChI=1S/C7H9NO6.Na.H/c1-14-3-8-4(9)2-7(8,5(10)11)6(12)13;;/h2-3H2,1H3,(H,10,11)(H,12,13);;/q;+1;-1. The monoisotopic (exact) mass is 227 g/mol. The number of rotatable bonds is 4. The molecule has 15 heavy (non-hydrogen) atoms. The third-order valence-electron chi connectivity index (χ3n) is 2.13. The van der Waals surface area contributed by atoms with Gasteiger partial charge in [-0.1, -0.05) is 0 Å². The SMILES string of the molecule is COCN1C(=O)CC1(C(=O)O)C(=O)O.[H-].[Na+]. The van der Waals surface area contributed by atoms with Crippen LogP contribution in [-0.2, 0) is 19.1 Å². The van der Waals surface area contributed by atoms with Gasteiger partial charge >= 0.3 is 41.5 Å². The van der Waals surface area contributed by atoms with E-state index in [2.05, 4.69) is 4.74 Å². The number of ether oxygens (including phenoxy) is 1. The second-order valence-corrected chi connectivity index (χ2v) is 2.89. The van der Waals surface area contributed by atoms with E-state index in [-0.39, 0.29) is 37.7 Å². The summed E-state index contributed by atoms with van der Waals surface area (Å²) in [6, 6.07) is 0. The van der Waals surface area contributed by atoms with Crippen molar-refractivity contribution in [2.45, 2.75) is 12.0 Å². The van der Waals surface area contributed by atoms with Crippen LogP contribution in [0.3, 0.4) is 0 Å². The molecule has 7 nitrogen and oxygen atoms in total. The topological polar surface area (TPSA) is 104 Å². The Labute approximate surface area is 109 Å². The van der Waals surface area contributed by atoms with E-state index in [9.17, 15) is 14.4 Å². The van der Waals surface area contributed by atoms with Crippen molar-refractivity contribution in [3.63, 3.8) is 0 Å². The minimum atomic E-state index is -2.15. The molecule has 1 aliphatic heterocycles. The summed E-state index contributed by atoms with van der Waals surface area (Å²) in [5.41, 5.74) is -2.15. The number of nitrogens with zero attached hydrogens (tertiary/aromatic N) is 1. The first-order valence-corrected chi connectivity index (χ1v) is 3.73. The van der Waals surface area contributed by atoms with Crippen LogP contribution in [0.4, 0.5) is 0 Å². The van der Waals surface area contributed by atoms with E-state index < -0.39 is 29.8 Å². The molecular formula is C7H10NNaO6. The first-order chi connectivity index (χ1) is 6.46. The first-order valence-electron chi connectivity index (χ1n) is 3.73. The molecule has 0 aromatic carbocycles. The van der Waals surface area contributed by atoms with Gasteiger partial charge in [-0.25, -0.2) is 9.59 Å². The summed E-state index contributed by atoms with van der Waals surface area (Å²) >= 11 is 0. The van der Waals surface area contributed by atoms with E-state index in [0.717, 1.165) is 0 Å². The molecule has 0 unspecified atom stereocenters. The van der Waals surface area contributed by atoms with Gasteiger partial charge in [0.15, 0.2) is 0 Å². The summed E-state index contributed by atoms with van der Waals surface area (Å²) in [5.74, 6) is -3.65. The molecule has 0 atom stereocenters. The smallest absolute Gasteiger partial charge is 1.00 e. The largest absolute Gasteiger partial charge is 1.00 e. The fourth-order valence-electron chi connectivity index (χ4n) is 1.32. The summed E-state index contributed by atoms with van der Waals surface area (Å²) in [4.78, 5) is 33.1. The molecule has 0 aliphatic carbocycles. The zero-order valence-electron chi connectivity index (χ0n) is 9.39. The Kier molecular flexibility index (Phi) is 4.72. The van der Waals surface area contributed by atoms with Crippen molar-refractivity contribution in [1.29, 1.82) is 0 Å². The minimum Gasteiger partial charge on any atom is -1.00 e. The maximum Gasteiger partial charge on any atom is 1.00 e. The van der Waals surface area contributed by atoms with Crippen LogP contribution in [-0.4, -0.2) is 52.3 Å². The van der Waals surface area contributed by atoms with E-state index in [1.807, 2.05) is 0 Å². The molecule has 8 heteroatoms. The summed E-state index contributed by atoms with van der Waals surface area (Å²) in [6.07, 6.45) is -0.527. The first kappa shape index (κ1) is 14.4. The van der Waals surface area contributed by atoms with E-state index in [0.29, 0.717) is 4.90 Å². The van der Waals surface area contributed by atoms with Gasteiger partial charge in [-0.15, -0.1) is 0 Å². The Morgan fingerprint density at radius 1 is 1.53 bits per heavy atom. The number of β-lactam (4-membered cyclic amide) rings is 1. The van der Waals surface area contributed by atoms with Crippen LogP contribution in [0, 0.1) is 0 Å². The van der Waals surface area contributed by atoms with Crippen molar-refractivity contribution in [3.8, 4) is 0 Å². The molecule has 0 aromatic rings. The van der Waals surface area contributed by atoms with Crippen molar-refractivity contribution in [1.82, 2.24) is 4.90 Å². The van der Waals surface area contributed by atoms with Crippen molar-refractivity contribution in [2.75, 3.05) is 13.8 Å². The second kappa shape index (κ2) is 4.93. The Hall–Kier alpha value is -0.630. The number of hydrogen-bond donors (Lipinski definition) is 2. The van der Waals surface area contributed by atoms with Crippen LogP contribution < -0.4 is 29.6 Å². The average Bonchev–Trinajstić information content (AvgIpc) is 2.08. The van der Waals surface area contributed by atoms with Gasteiger partial charge in [0.2, 0.25) is 11.4 Å². The normalized spacial score (nSPS) is 17.7. The second-order valence-electron chi connectivity index (χ2n) is 2.89. The maximum absolute atomic E-state index is 11.0. The molecule has 0 saturated carbocycles. The van der Waals surface area contributed by atoms with Crippen LogP contribution >= 0.6 is 0 Å². The zero-order valence-corrected chi connectivity index (χ0v) is 10.4. The van der Waals surface area contributed by atoms with Gasteiger partial charge < -0.3 is 16.4 Å². The Bertz CT molecular complexity index is 295. The number of aliphatic carboxylic acids is 2. The van der Waals surface area contributed by atoms with Crippen molar-refractivity contribution in [2.24, 2.45) is 0 Å².